The molecule has 3 aromatic rings. The second kappa shape index (κ2) is 15.9. The van der Waals surface area contributed by atoms with Crippen LogP contribution in [0.3, 0.4) is 0 Å². The average Bonchev–Trinajstić information content (AvgIpc) is 2.97. The SMILES string of the molecule is CCCC#CCc1c(CC#CCCC)c(CCC)c2cc3c(CC)c(CC)c(CC)c(CC)c3cc2c1CCC. The number of hydrogen-bond donors (Lipinski definition) is 0. The predicted octanol–water partition coefficient (Wildman–Crippen LogP) is 10.8. The summed E-state index contributed by atoms with van der Waals surface area (Å²) in [6, 6.07) is 5.22. The lowest BCUT2D eigenvalue weighted by Gasteiger charge is -2.25. The smallest absolute Gasteiger partial charge is 0.0346 e. The fourth-order valence-electron chi connectivity index (χ4n) is 6.86. The molecule has 0 aliphatic heterocycles. The Labute approximate surface area is 246 Å². The van der Waals surface area contributed by atoms with Gasteiger partial charge in [-0.2, -0.15) is 0 Å². The van der Waals surface area contributed by atoms with Crippen molar-refractivity contribution < 1.29 is 0 Å². The maximum Gasteiger partial charge on any atom is 0.0346 e. The van der Waals surface area contributed by atoms with Crippen LogP contribution < -0.4 is 0 Å². The van der Waals surface area contributed by atoms with E-state index in [0.717, 1.165) is 89.9 Å². The molecule has 40 heavy (non-hydrogen) atoms. The minimum Gasteiger partial charge on any atom is -0.103 e. The van der Waals surface area contributed by atoms with Crippen molar-refractivity contribution in [1.29, 1.82) is 0 Å². The Bertz CT molecular complexity index is 1310. The zero-order chi connectivity index (χ0) is 29.1. The Balaban J connectivity index is 2.57. The van der Waals surface area contributed by atoms with Gasteiger partial charge >= 0.3 is 0 Å². The van der Waals surface area contributed by atoms with Crippen molar-refractivity contribution in [2.45, 2.75) is 145 Å². The summed E-state index contributed by atoms with van der Waals surface area (Å²) in [5.74, 6) is 14.1. The third-order valence-corrected chi connectivity index (χ3v) is 8.59. The van der Waals surface area contributed by atoms with Crippen molar-refractivity contribution in [3.63, 3.8) is 0 Å². The maximum absolute atomic E-state index is 3.59. The number of rotatable bonds is 12. The quantitative estimate of drug-likeness (QED) is 0.160. The molecule has 0 aliphatic rings. The van der Waals surface area contributed by atoms with Gasteiger partial charge in [-0.25, -0.2) is 0 Å². The second-order valence-electron chi connectivity index (χ2n) is 11.2. The van der Waals surface area contributed by atoms with Crippen LogP contribution in [0.5, 0.6) is 0 Å². The summed E-state index contributed by atoms with van der Waals surface area (Å²) in [4.78, 5) is 0. The predicted molar refractivity (Wildman–Crippen MR) is 180 cm³/mol. The highest BCUT2D eigenvalue weighted by atomic mass is 14.3. The van der Waals surface area contributed by atoms with Gasteiger partial charge in [0, 0.05) is 25.7 Å². The van der Waals surface area contributed by atoms with E-state index >= 15 is 0 Å². The van der Waals surface area contributed by atoms with Gasteiger partial charge in [-0.3, -0.25) is 0 Å². The lowest BCUT2D eigenvalue weighted by atomic mass is 9.79. The second-order valence-corrected chi connectivity index (χ2v) is 11.2. The van der Waals surface area contributed by atoms with Gasteiger partial charge < -0.3 is 0 Å². The normalized spacial score (nSPS) is 11.0. The van der Waals surface area contributed by atoms with Crippen LogP contribution in [0.15, 0.2) is 12.1 Å². The fourth-order valence-corrected chi connectivity index (χ4v) is 6.86. The number of aryl methyl sites for hydroxylation is 4. The molecule has 0 atom stereocenters. The molecule has 3 rings (SSSR count). The molecular weight excluding hydrogens is 480 g/mol. The number of unbranched alkanes of at least 4 members (excludes halogenated alkanes) is 2. The zero-order valence-corrected chi connectivity index (χ0v) is 27.1. The highest BCUT2D eigenvalue weighted by Gasteiger charge is 2.22. The van der Waals surface area contributed by atoms with Crippen LogP contribution in [0, 0.1) is 23.7 Å². The Morgan fingerprint density at radius 3 is 1.02 bits per heavy atom. The standard InChI is InChI=1S/C40H54/c1-9-17-19-21-25-35-33(23-11-3)39-27-37-31(15-7)29(13-5)30(14-6)32(16-8)38(37)28-40(39)34(24-12-4)36(35)26-22-20-18-10-2/h27-28H,9-18,23-26H2,1-8H3. The summed E-state index contributed by atoms with van der Waals surface area (Å²) < 4.78 is 0. The summed E-state index contributed by atoms with van der Waals surface area (Å²) in [7, 11) is 0. The van der Waals surface area contributed by atoms with Gasteiger partial charge in [0.1, 0.15) is 0 Å². The molecule has 0 spiro atoms. The largest absolute Gasteiger partial charge is 0.103 e. The molecule has 0 aromatic heterocycles. The Kier molecular flexibility index (Phi) is 12.7. The molecule has 0 fully saturated rings. The number of hydrogen-bond acceptors (Lipinski definition) is 0. The van der Waals surface area contributed by atoms with Crippen LogP contribution in [-0.4, -0.2) is 0 Å². The Morgan fingerprint density at radius 1 is 0.375 bits per heavy atom. The first-order valence-corrected chi connectivity index (χ1v) is 16.6. The highest BCUT2D eigenvalue weighted by molar-refractivity contribution is 6.05. The van der Waals surface area contributed by atoms with Gasteiger partial charge in [0.25, 0.3) is 0 Å². The van der Waals surface area contributed by atoms with Gasteiger partial charge in [0.05, 0.1) is 0 Å². The monoisotopic (exact) mass is 534 g/mol. The third kappa shape index (κ3) is 6.60. The van der Waals surface area contributed by atoms with Gasteiger partial charge in [-0.1, -0.05) is 80.1 Å². The highest BCUT2D eigenvalue weighted by Crippen LogP contribution is 2.40. The molecule has 0 aliphatic carbocycles. The van der Waals surface area contributed by atoms with E-state index in [9.17, 15) is 0 Å². The van der Waals surface area contributed by atoms with Crippen LogP contribution in [0.2, 0.25) is 0 Å². The first kappa shape index (κ1) is 31.8. The van der Waals surface area contributed by atoms with Crippen LogP contribution in [0.25, 0.3) is 21.5 Å². The zero-order valence-electron chi connectivity index (χ0n) is 27.1. The van der Waals surface area contributed by atoms with Gasteiger partial charge in [-0.15, -0.1) is 11.8 Å². The topological polar surface area (TPSA) is 0 Å². The Morgan fingerprint density at radius 2 is 0.725 bits per heavy atom. The summed E-state index contributed by atoms with van der Waals surface area (Å²) in [5.41, 5.74) is 12.4. The van der Waals surface area contributed by atoms with Gasteiger partial charge in [-0.05, 0) is 130 Å². The first-order valence-electron chi connectivity index (χ1n) is 16.6. The first-order chi connectivity index (χ1) is 19.6. The van der Waals surface area contributed by atoms with Crippen molar-refractivity contribution in [2.24, 2.45) is 0 Å². The van der Waals surface area contributed by atoms with Gasteiger partial charge in [0.2, 0.25) is 0 Å². The van der Waals surface area contributed by atoms with E-state index in [2.05, 4.69) is 91.2 Å². The molecule has 0 saturated carbocycles. The minimum atomic E-state index is 0.848. The molecule has 0 nitrogen and oxygen atoms in total. The molecule has 214 valence electrons. The summed E-state index contributed by atoms with van der Waals surface area (Å²) >= 11 is 0. The molecule has 0 heterocycles. The van der Waals surface area contributed by atoms with Crippen LogP contribution in [-0.2, 0) is 51.4 Å². The van der Waals surface area contributed by atoms with Crippen molar-refractivity contribution in [1.82, 2.24) is 0 Å². The summed E-state index contributed by atoms with van der Waals surface area (Å²) in [5, 5.41) is 5.97. The van der Waals surface area contributed by atoms with Crippen LogP contribution in [0.4, 0.5) is 0 Å². The minimum absolute atomic E-state index is 0.848. The van der Waals surface area contributed by atoms with E-state index in [-0.39, 0.29) is 0 Å². The molecule has 0 amide bonds. The lowest BCUT2D eigenvalue weighted by Crippen LogP contribution is -2.09. The van der Waals surface area contributed by atoms with Crippen LogP contribution >= 0.6 is 0 Å². The molecule has 0 heteroatoms. The van der Waals surface area contributed by atoms with E-state index in [0.29, 0.717) is 0 Å². The van der Waals surface area contributed by atoms with Crippen LogP contribution in [0.1, 0.15) is 138 Å². The van der Waals surface area contributed by atoms with E-state index in [1.54, 1.807) is 22.3 Å². The third-order valence-electron chi connectivity index (χ3n) is 8.59. The van der Waals surface area contributed by atoms with Crippen molar-refractivity contribution >= 4 is 21.5 Å². The Hall–Kier alpha value is -2.70. The molecule has 3 aromatic carbocycles. The van der Waals surface area contributed by atoms with E-state index in [4.69, 9.17) is 0 Å². The molecule has 0 saturated heterocycles. The fraction of sp³-hybridized carbons (Fsp3) is 0.550. The number of benzene rings is 3. The number of fused-ring (bicyclic) bond motifs is 2. The van der Waals surface area contributed by atoms with Crippen molar-refractivity contribution in [3.05, 3.63) is 56.6 Å². The molecule has 0 bridgehead atoms. The van der Waals surface area contributed by atoms with E-state index in [1.807, 2.05) is 0 Å². The average molecular weight is 535 g/mol. The maximum atomic E-state index is 3.59. The summed E-state index contributed by atoms with van der Waals surface area (Å²) in [6.45, 7) is 18.5. The molecule has 0 unspecified atom stereocenters. The van der Waals surface area contributed by atoms with E-state index < -0.39 is 0 Å². The molecule has 0 N–H and O–H groups in total. The van der Waals surface area contributed by atoms with E-state index in [1.165, 1.54) is 43.8 Å². The van der Waals surface area contributed by atoms with Crippen molar-refractivity contribution in [2.75, 3.05) is 0 Å². The van der Waals surface area contributed by atoms with Gasteiger partial charge in [0.15, 0.2) is 0 Å². The molecule has 0 radical (unpaired) electrons. The summed E-state index contributed by atoms with van der Waals surface area (Å²) in [6.07, 6.45) is 14.8. The lowest BCUT2D eigenvalue weighted by molar-refractivity contribution is 0.887. The molecular formula is C40H54. The van der Waals surface area contributed by atoms with Crippen molar-refractivity contribution in [3.8, 4) is 23.7 Å².